The van der Waals surface area contributed by atoms with Crippen LogP contribution in [-0.4, -0.2) is 0 Å². The normalized spacial score (nSPS) is 12.0. The van der Waals surface area contributed by atoms with Gasteiger partial charge in [-0.15, -0.1) is 0 Å². The minimum atomic E-state index is 0.420. The Bertz CT molecular complexity index is 3400. The van der Waals surface area contributed by atoms with E-state index in [0.29, 0.717) is 11.8 Å². The quantitative estimate of drug-likeness (QED) is 0.153. The average molecular weight is 833 g/mol. The summed E-state index contributed by atoms with van der Waals surface area (Å²) in [5, 5.41) is 8.82. The first kappa shape index (κ1) is 39.5. The third kappa shape index (κ3) is 6.51. The van der Waals surface area contributed by atoms with E-state index in [1.807, 2.05) is 0 Å². The molecule has 0 saturated carbocycles. The van der Waals surface area contributed by atoms with Crippen LogP contribution >= 0.6 is 0 Å². The Hall–Kier alpha value is -7.30. The van der Waals surface area contributed by atoms with Crippen LogP contribution in [0.1, 0.15) is 72.9 Å². The van der Waals surface area contributed by atoms with Gasteiger partial charge in [-0.2, -0.15) is 0 Å². The number of benzene rings is 9. The molecule has 2 aromatic heterocycles. The van der Waals surface area contributed by atoms with Crippen molar-refractivity contribution in [2.75, 3.05) is 9.80 Å². The summed E-state index contributed by atoms with van der Waals surface area (Å²) in [7, 11) is 0. The van der Waals surface area contributed by atoms with Crippen LogP contribution in [0, 0.1) is 27.7 Å². The van der Waals surface area contributed by atoms with Crippen molar-refractivity contribution < 1.29 is 8.83 Å². The van der Waals surface area contributed by atoms with E-state index in [1.165, 1.54) is 56.1 Å². The number of rotatable bonds is 8. The second-order valence-corrected chi connectivity index (χ2v) is 18.4. The third-order valence-corrected chi connectivity index (χ3v) is 13.5. The molecule has 64 heavy (non-hydrogen) atoms. The van der Waals surface area contributed by atoms with Crippen molar-refractivity contribution in [3.63, 3.8) is 0 Å². The molecule has 0 fully saturated rings. The number of fused-ring (bicyclic) bond motifs is 9. The van der Waals surface area contributed by atoms with E-state index in [4.69, 9.17) is 8.83 Å². The minimum absolute atomic E-state index is 0.420. The Kier molecular flexibility index (Phi) is 9.39. The molecule has 4 heteroatoms. The maximum atomic E-state index is 6.83. The molecule has 11 rings (SSSR count). The molecule has 9 aromatic carbocycles. The van der Waals surface area contributed by atoms with Crippen LogP contribution < -0.4 is 9.80 Å². The van der Waals surface area contributed by atoms with Gasteiger partial charge in [0.1, 0.15) is 11.2 Å². The van der Waals surface area contributed by atoms with Gasteiger partial charge in [0.25, 0.3) is 0 Å². The lowest BCUT2D eigenvalue weighted by molar-refractivity contribution is 0.634. The highest BCUT2D eigenvalue weighted by molar-refractivity contribution is 6.21. The standard InChI is InChI=1S/C60H52N2O2/c1-35(2)41-19-17-39(7)55(31-41)61(53-15-11-9-13-37(53)5)47-23-21-43-29-51-49-25-26-50-52-30-44-22-24-48(28-46(44)34-58(52)64-60(50)59(49)63-57(51)33-45(43)27-47)62(54-16-12-10-14-38(54)6)56-32-42(36(3)4)20-18-40(56)8/h9-36H,1-8H3. The highest BCUT2D eigenvalue weighted by atomic mass is 16.4. The van der Waals surface area contributed by atoms with Gasteiger partial charge in [-0.1, -0.05) is 100 Å². The lowest BCUT2D eigenvalue weighted by Crippen LogP contribution is -2.13. The first-order valence-electron chi connectivity index (χ1n) is 22.6. The van der Waals surface area contributed by atoms with Crippen molar-refractivity contribution in [1.82, 2.24) is 0 Å². The average Bonchev–Trinajstić information content (AvgIpc) is 3.84. The second kappa shape index (κ2) is 15.2. The first-order valence-corrected chi connectivity index (χ1v) is 22.6. The van der Waals surface area contributed by atoms with Crippen LogP contribution in [-0.2, 0) is 0 Å². The molecule has 11 aromatic rings. The van der Waals surface area contributed by atoms with Gasteiger partial charge in [-0.05, 0) is 179 Å². The van der Waals surface area contributed by atoms with Crippen molar-refractivity contribution in [3.05, 3.63) is 191 Å². The topological polar surface area (TPSA) is 32.8 Å². The zero-order valence-electron chi connectivity index (χ0n) is 37.9. The molecule has 0 amide bonds. The predicted molar refractivity (Wildman–Crippen MR) is 273 cm³/mol. The highest BCUT2D eigenvalue weighted by Gasteiger charge is 2.22. The van der Waals surface area contributed by atoms with E-state index in [1.54, 1.807) is 0 Å². The van der Waals surface area contributed by atoms with Crippen molar-refractivity contribution >= 4 is 99.5 Å². The van der Waals surface area contributed by atoms with E-state index in [9.17, 15) is 0 Å². The Morgan fingerprint density at radius 2 is 0.750 bits per heavy atom. The number of anilines is 6. The molecule has 0 atom stereocenters. The number of hydrogen-bond donors (Lipinski definition) is 0. The number of nitrogens with zero attached hydrogens (tertiary/aromatic N) is 2. The van der Waals surface area contributed by atoms with Gasteiger partial charge in [-0.3, -0.25) is 0 Å². The van der Waals surface area contributed by atoms with Crippen LogP contribution in [0.5, 0.6) is 0 Å². The summed E-state index contributed by atoms with van der Waals surface area (Å²) in [6.45, 7) is 17.8. The lowest BCUT2D eigenvalue weighted by atomic mass is 9.98. The summed E-state index contributed by atoms with van der Waals surface area (Å²) in [6.07, 6.45) is 0. The van der Waals surface area contributed by atoms with Gasteiger partial charge in [0.05, 0.1) is 0 Å². The number of para-hydroxylation sites is 2. The van der Waals surface area contributed by atoms with E-state index in [2.05, 4.69) is 223 Å². The van der Waals surface area contributed by atoms with E-state index >= 15 is 0 Å². The smallest absolute Gasteiger partial charge is 0.178 e. The Balaban J connectivity index is 1.04. The number of furan rings is 2. The van der Waals surface area contributed by atoms with Crippen molar-refractivity contribution in [1.29, 1.82) is 0 Å². The molecule has 0 bridgehead atoms. The molecule has 0 aliphatic carbocycles. The Morgan fingerprint density at radius 3 is 1.16 bits per heavy atom. The summed E-state index contributed by atoms with van der Waals surface area (Å²) in [5.41, 5.74) is 17.7. The Morgan fingerprint density at radius 1 is 0.344 bits per heavy atom. The molecular formula is C60H52N2O2. The van der Waals surface area contributed by atoms with Crippen LogP contribution in [0.4, 0.5) is 34.1 Å². The zero-order valence-corrected chi connectivity index (χ0v) is 37.9. The monoisotopic (exact) mass is 832 g/mol. The molecule has 0 aliphatic rings. The Labute approximate surface area is 375 Å². The van der Waals surface area contributed by atoms with Crippen LogP contribution in [0.3, 0.4) is 0 Å². The molecule has 0 N–H and O–H groups in total. The maximum Gasteiger partial charge on any atom is 0.178 e. The minimum Gasteiger partial charge on any atom is -0.452 e. The van der Waals surface area contributed by atoms with Gasteiger partial charge in [-0.25, -0.2) is 0 Å². The van der Waals surface area contributed by atoms with Crippen LogP contribution in [0.15, 0.2) is 167 Å². The van der Waals surface area contributed by atoms with Gasteiger partial charge < -0.3 is 18.6 Å². The first-order chi connectivity index (χ1) is 31.0. The molecule has 0 saturated heterocycles. The van der Waals surface area contributed by atoms with Gasteiger partial charge in [0, 0.05) is 55.7 Å². The van der Waals surface area contributed by atoms with Gasteiger partial charge in [0.15, 0.2) is 11.2 Å². The molecule has 0 aliphatic heterocycles. The van der Waals surface area contributed by atoms with E-state index in [0.717, 1.165) is 76.8 Å². The van der Waals surface area contributed by atoms with Crippen molar-refractivity contribution in [2.24, 2.45) is 0 Å². The third-order valence-electron chi connectivity index (χ3n) is 13.5. The fraction of sp³-hybridized carbons (Fsp3) is 0.167. The fourth-order valence-electron chi connectivity index (χ4n) is 9.70. The molecule has 0 spiro atoms. The van der Waals surface area contributed by atoms with Crippen molar-refractivity contribution in [2.45, 2.75) is 67.2 Å². The molecule has 0 radical (unpaired) electrons. The molecule has 4 nitrogen and oxygen atoms in total. The summed E-state index contributed by atoms with van der Waals surface area (Å²) < 4.78 is 13.7. The van der Waals surface area contributed by atoms with E-state index < -0.39 is 0 Å². The SMILES string of the molecule is Cc1ccccc1N(c1ccc2cc3c(cc2c1)oc1c3ccc2c3cc4ccc(N(c5ccccc5C)c5cc(C(C)C)ccc5C)cc4cc3oc21)c1cc(C(C)C)ccc1C. The second-order valence-electron chi connectivity index (χ2n) is 18.4. The zero-order chi connectivity index (χ0) is 44.0. The lowest BCUT2D eigenvalue weighted by Gasteiger charge is -2.29. The predicted octanol–water partition coefficient (Wildman–Crippen LogP) is 18.2. The van der Waals surface area contributed by atoms with Crippen LogP contribution in [0.2, 0.25) is 0 Å². The summed E-state index contributed by atoms with van der Waals surface area (Å²) in [4.78, 5) is 4.82. The van der Waals surface area contributed by atoms with Crippen molar-refractivity contribution in [3.8, 4) is 0 Å². The molecule has 2 heterocycles. The van der Waals surface area contributed by atoms with Crippen LogP contribution in [0.25, 0.3) is 65.4 Å². The van der Waals surface area contributed by atoms with Gasteiger partial charge >= 0.3 is 0 Å². The number of aryl methyl sites for hydroxylation is 4. The highest BCUT2D eigenvalue weighted by Crippen LogP contribution is 2.45. The molecular weight excluding hydrogens is 781 g/mol. The number of hydrogen-bond acceptors (Lipinski definition) is 4. The summed E-state index contributed by atoms with van der Waals surface area (Å²) >= 11 is 0. The largest absolute Gasteiger partial charge is 0.452 e. The summed E-state index contributed by atoms with van der Waals surface area (Å²) in [5.74, 6) is 0.841. The maximum absolute atomic E-state index is 6.83. The molecule has 0 unspecified atom stereocenters. The summed E-state index contributed by atoms with van der Waals surface area (Å²) in [6, 6.07) is 58.0. The van der Waals surface area contributed by atoms with Gasteiger partial charge in [0.2, 0.25) is 0 Å². The van der Waals surface area contributed by atoms with E-state index in [-0.39, 0.29) is 0 Å². The molecule has 314 valence electrons. The fourth-order valence-corrected chi connectivity index (χ4v) is 9.70.